The first-order valence-corrected chi connectivity index (χ1v) is 8.11. The Labute approximate surface area is 147 Å². The Morgan fingerprint density at radius 3 is 2.28 bits per heavy atom. The standard InChI is InChI=1S/C20H21N3O2/c1-20(2,3)15-5-7-16(8-6-15)25-19(24)17-13-23(4)22-18(17)14-9-11-21-12-10-14/h5-13H,1-4H3. The van der Waals surface area contributed by atoms with Gasteiger partial charge in [0.25, 0.3) is 0 Å². The van der Waals surface area contributed by atoms with Crippen molar-refractivity contribution in [1.82, 2.24) is 14.8 Å². The van der Waals surface area contributed by atoms with Gasteiger partial charge in [-0.1, -0.05) is 32.9 Å². The second-order valence-electron chi connectivity index (χ2n) is 6.96. The molecule has 0 atom stereocenters. The predicted molar refractivity (Wildman–Crippen MR) is 96.5 cm³/mol. The zero-order chi connectivity index (χ0) is 18.0. The molecule has 0 spiro atoms. The van der Waals surface area contributed by atoms with Gasteiger partial charge in [0.1, 0.15) is 17.0 Å². The van der Waals surface area contributed by atoms with E-state index in [0.717, 1.165) is 5.56 Å². The summed E-state index contributed by atoms with van der Waals surface area (Å²) in [5.41, 5.74) is 3.08. The minimum Gasteiger partial charge on any atom is -0.423 e. The summed E-state index contributed by atoms with van der Waals surface area (Å²) in [6, 6.07) is 11.2. The van der Waals surface area contributed by atoms with Crippen molar-refractivity contribution in [2.75, 3.05) is 0 Å². The Balaban J connectivity index is 1.85. The zero-order valence-corrected chi connectivity index (χ0v) is 14.9. The number of hydrogen-bond acceptors (Lipinski definition) is 4. The van der Waals surface area contributed by atoms with Gasteiger partial charge in [-0.05, 0) is 35.2 Å². The average molecular weight is 335 g/mol. The lowest BCUT2D eigenvalue weighted by atomic mass is 9.87. The molecule has 2 aromatic heterocycles. The van der Waals surface area contributed by atoms with Crippen molar-refractivity contribution in [2.45, 2.75) is 26.2 Å². The molecule has 5 nitrogen and oxygen atoms in total. The van der Waals surface area contributed by atoms with E-state index in [1.807, 2.05) is 36.4 Å². The van der Waals surface area contributed by atoms with E-state index in [-0.39, 0.29) is 5.41 Å². The van der Waals surface area contributed by atoms with Gasteiger partial charge in [-0.25, -0.2) is 4.79 Å². The zero-order valence-electron chi connectivity index (χ0n) is 14.9. The van der Waals surface area contributed by atoms with E-state index in [1.165, 1.54) is 5.56 Å². The van der Waals surface area contributed by atoms with Crippen LogP contribution in [0.25, 0.3) is 11.3 Å². The van der Waals surface area contributed by atoms with E-state index < -0.39 is 5.97 Å². The first-order chi connectivity index (χ1) is 11.8. The molecule has 5 heteroatoms. The fraction of sp³-hybridized carbons (Fsp3) is 0.250. The van der Waals surface area contributed by atoms with E-state index in [9.17, 15) is 4.79 Å². The van der Waals surface area contributed by atoms with Crippen molar-refractivity contribution >= 4 is 5.97 Å². The number of carbonyl (C=O) groups is 1. The van der Waals surface area contributed by atoms with Gasteiger partial charge < -0.3 is 4.74 Å². The van der Waals surface area contributed by atoms with Gasteiger partial charge in [-0.15, -0.1) is 0 Å². The Morgan fingerprint density at radius 1 is 1.04 bits per heavy atom. The second-order valence-corrected chi connectivity index (χ2v) is 6.96. The highest BCUT2D eigenvalue weighted by molar-refractivity contribution is 5.97. The number of aryl methyl sites for hydroxylation is 1. The van der Waals surface area contributed by atoms with Crippen molar-refractivity contribution in [2.24, 2.45) is 7.05 Å². The van der Waals surface area contributed by atoms with Crippen LogP contribution in [-0.4, -0.2) is 20.7 Å². The van der Waals surface area contributed by atoms with Gasteiger partial charge in [0.05, 0.1) is 0 Å². The van der Waals surface area contributed by atoms with Gasteiger partial charge >= 0.3 is 5.97 Å². The van der Waals surface area contributed by atoms with Crippen LogP contribution in [0.1, 0.15) is 36.7 Å². The van der Waals surface area contributed by atoms with Crippen LogP contribution >= 0.6 is 0 Å². The number of esters is 1. The Kier molecular flexibility index (Phi) is 4.40. The summed E-state index contributed by atoms with van der Waals surface area (Å²) < 4.78 is 7.14. The SMILES string of the molecule is Cn1cc(C(=O)Oc2ccc(C(C)(C)C)cc2)c(-c2ccncc2)n1. The summed E-state index contributed by atoms with van der Waals surface area (Å²) >= 11 is 0. The smallest absolute Gasteiger partial charge is 0.347 e. The monoisotopic (exact) mass is 335 g/mol. The molecule has 3 rings (SSSR count). The van der Waals surface area contributed by atoms with Crippen molar-refractivity contribution in [3.8, 4) is 17.0 Å². The second kappa shape index (κ2) is 6.51. The highest BCUT2D eigenvalue weighted by atomic mass is 16.5. The fourth-order valence-electron chi connectivity index (χ4n) is 2.55. The first-order valence-electron chi connectivity index (χ1n) is 8.11. The van der Waals surface area contributed by atoms with Crippen molar-refractivity contribution in [3.05, 3.63) is 66.1 Å². The lowest BCUT2D eigenvalue weighted by Gasteiger charge is -2.18. The topological polar surface area (TPSA) is 57.0 Å². The Hall–Kier alpha value is -2.95. The van der Waals surface area contributed by atoms with Crippen LogP contribution in [0.15, 0.2) is 55.0 Å². The fourth-order valence-corrected chi connectivity index (χ4v) is 2.55. The van der Waals surface area contributed by atoms with Gasteiger partial charge in [0.2, 0.25) is 0 Å². The number of nitrogens with zero attached hydrogens (tertiary/aromatic N) is 3. The third-order valence-corrected chi connectivity index (χ3v) is 3.93. The summed E-state index contributed by atoms with van der Waals surface area (Å²) in [5.74, 6) is 0.0888. The number of carbonyl (C=O) groups excluding carboxylic acids is 1. The van der Waals surface area contributed by atoms with Gasteiger partial charge in [-0.3, -0.25) is 9.67 Å². The lowest BCUT2D eigenvalue weighted by molar-refractivity contribution is 0.0735. The van der Waals surface area contributed by atoms with E-state index in [1.54, 1.807) is 30.3 Å². The molecule has 1 aromatic carbocycles. The number of pyridine rings is 1. The van der Waals surface area contributed by atoms with Gasteiger partial charge in [-0.2, -0.15) is 5.10 Å². The molecule has 0 aliphatic rings. The molecule has 0 unspecified atom stereocenters. The van der Waals surface area contributed by atoms with Crippen molar-refractivity contribution < 1.29 is 9.53 Å². The van der Waals surface area contributed by atoms with Crippen molar-refractivity contribution in [1.29, 1.82) is 0 Å². The molecular weight excluding hydrogens is 314 g/mol. The number of benzene rings is 1. The molecule has 0 saturated heterocycles. The third kappa shape index (κ3) is 3.76. The molecule has 0 radical (unpaired) electrons. The number of hydrogen-bond donors (Lipinski definition) is 0. The van der Waals surface area contributed by atoms with E-state index in [0.29, 0.717) is 17.0 Å². The molecule has 128 valence electrons. The van der Waals surface area contributed by atoms with E-state index in [4.69, 9.17) is 4.74 Å². The number of rotatable bonds is 3. The maximum absolute atomic E-state index is 12.6. The quantitative estimate of drug-likeness (QED) is 0.536. The summed E-state index contributed by atoms with van der Waals surface area (Å²) in [6.07, 6.45) is 5.01. The lowest BCUT2D eigenvalue weighted by Crippen LogP contribution is -2.12. The summed E-state index contributed by atoms with van der Waals surface area (Å²) in [4.78, 5) is 16.6. The van der Waals surface area contributed by atoms with Crippen LogP contribution in [-0.2, 0) is 12.5 Å². The van der Waals surface area contributed by atoms with Gasteiger partial charge in [0.15, 0.2) is 0 Å². The number of aromatic nitrogens is 3. The summed E-state index contributed by atoms with van der Waals surface area (Å²) in [5, 5.41) is 4.38. The molecule has 25 heavy (non-hydrogen) atoms. The molecule has 0 N–H and O–H groups in total. The van der Waals surface area contributed by atoms with Gasteiger partial charge in [0, 0.05) is 31.2 Å². The Morgan fingerprint density at radius 2 is 1.68 bits per heavy atom. The van der Waals surface area contributed by atoms with Crippen LogP contribution in [0, 0.1) is 0 Å². The molecule has 0 aliphatic heterocycles. The normalized spacial score (nSPS) is 11.4. The number of ether oxygens (including phenoxy) is 1. The first kappa shape index (κ1) is 16.9. The van der Waals surface area contributed by atoms with Crippen LogP contribution in [0.4, 0.5) is 0 Å². The average Bonchev–Trinajstić information content (AvgIpc) is 2.97. The van der Waals surface area contributed by atoms with E-state index >= 15 is 0 Å². The maximum atomic E-state index is 12.6. The third-order valence-electron chi connectivity index (χ3n) is 3.93. The molecule has 2 heterocycles. The summed E-state index contributed by atoms with van der Waals surface area (Å²) in [6.45, 7) is 6.43. The molecule has 3 aromatic rings. The van der Waals surface area contributed by atoms with Crippen LogP contribution < -0.4 is 4.74 Å². The molecule has 0 amide bonds. The highest BCUT2D eigenvalue weighted by Crippen LogP contribution is 2.26. The molecule has 0 aliphatic carbocycles. The van der Waals surface area contributed by atoms with Crippen LogP contribution in [0.3, 0.4) is 0 Å². The van der Waals surface area contributed by atoms with Crippen LogP contribution in [0.5, 0.6) is 5.75 Å². The molecule has 0 bridgehead atoms. The minimum atomic E-state index is -0.427. The molecule has 0 fully saturated rings. The predicted octanol–water partition coefficient (Wildman–Crippen LogP) is 4.00. The maximum Gasteiger partial charge on any atom is 0.347 e. The largest absolute Gasteiger partial charge is 0.423 e. The van der Waals surface area contributed by atoms with Crippen molar-refractivity contribution in [3.63, 3.8) is 0 Å². The Bertz CT molecular complexity index is 876. The molecule has 0 saturated carbocycles. The molecular formula is C20H21N3O2. The van der Waals surface area contributed by atoms with E-state index in [2.05, 4.69) is 30.9 Å². The highest BCUT2D eigenvalue weighted by Gasteiger charge is 2.20. The van der Waals surface area contributed by atoms with Crippen LogP contribution in [0.2, 0.25) is 0 Å². The summed E-state index contributed by atoms with van der Waals surface area (Å²) in [7, 11) is 1.78. The minimum absolute atomic E-state index is 0.0560.